The van der Waals surface area contributed by atoms with Gasteiger partial charge < -0.3 is 14.0 Å². The largest absolute Gasteiger partial charge is 0.342 e. The zero-order valence-corrected chi connectivity index (χ0v) is 17.4. The van der Waals surface area contributed by atoms with E-state index in [1.807, 2.05) is 22.9 Å². The first kappa shape index (κ1) is 19.5. The molecule has 0 amide bonds. The molecule has 0 saturated carbocycles. The van der Waals surface area contributed by atoms with Crippen LogP contribution in [-0.4, -0.2) is 22.3 Å². The highest BCUT2D eigenvalue weighted by Gasteiger charge is 2.45. The number of halogens is 2. The van der Waals surface area contributed by atoms with Crippen LogP contribution in [0.3, 0.4) is 0 Å². The molecule has 2 heterocycles. The maximum atomic E-state index is 6.52. The van der Waals surface area contributed by atoms with Gasteiger partial charge in [0.25, 0.3) is 0 Å². The molecule has 0 unspecified atom stereocenters. The second-order valence-corrected chi connectivity index (χ2v) is 8.21. The Labute approximate surface area is 175 Å². The van der Waals surface area contributed by atoms with Gasteiger partial charge in [-0.2, -0.15) is 0 Å². The predicted octanol–water partition coefficient (Wildman–Crippen LogP) is 5.32. The molecule has 1 fully saturated rings. The number of hydrogen-bond acceptors (Lipinski definition) is 3. The quantitative estimate of drug-likeness (QED) is 0.564. The molecule has 0 spiro atoms. The Kier molecular flexibility index (Phi) is 5.48. The average Bonchev–Trinajstić information content (AvgIpc) is 3.25. The molecule has 1 saturated heterocycles. The summed E-state index contributed by atoms with van der Waals surface area (Å²) in [4.78, 5) is 4.13. The second kappa shape index (κ2) is 7.88. The molecular formula is C22H22Cl2N2O2. The molecule has 3 aromatic rings. The van der Waals surface area contributed by atoms with Gasteiger partial charge in [0.05, 0.1) is 30.6 Å². The van der Waals surface area contributed by atoms with Crippen LogP contribution in [0.25, 0.3) is 0 Å². The van der Waals surface area contributed by atoms with Crippen molar-refractivity contribution in [3.63, 3.8) is 0 Å². The molecule has 4 nitrogen and oxygen atoms in total. The monoisotopic (exact) mass is 416 g/mol. The molecule has 2 atom stereocenters. The number of aryl methyl sites for hydroxylation is 2. The predicted molar refractivity (Wildman–Crippen MR) is 111 cm³/mol. The van der Waals surface area contributed by atoms with Gasteiger partial charge in [-0.1, -0.05) is 58.6 Å². The van der Waals surface area contributed by atoms with Gasteiger partial charge >= 0.3 is 0 Å². The number of ether oxygens (including phenoxy) is 2. The highest BCUT2D eigenvalue weighted by atomic mass is 35.5. The van der Waals surface area contributed by atoms with E-state index < -0.39 is 5.79 Å². The lowest BCUT2D eigenvalue weighted by atomic mass is 10.0. The zero-order valence-electron chi connectivity index (χ0n) is 15.9. The van der Waals surface area contributed by atoms with Crippen molar-refractivity contribution < 1.29 is 9.47 Å². The lowest BCUT2D eigenvalue weighted by Gasteiger charge is -2.30. The van der Waals surface area contributed by atoms with Crippen LogP contribution in [0.1, 0.15) is 22.3 Å². The Balaban J connectivity index is 1.63. The molecule has 1 aliphatic rings. The van der Waals surface area contributed by atoms with E-state index in [1.165, 1.54) is 16.7 Å². The molecular weight excluding hydrogens is 395 g/mol. The molecule has 6 heteroatoms. The molecule has 1 aliphatic heterocycles. The van der Waals surface area contributed by atoms with Crippen LogP contribution < -0.4 is 0 Å². The van der Waals surface area contributed by atoms with E-state index in [0.29, 0.717) is 23.2 Å². The SMILES string of the molecule is Cc1cc(C)cc(C[C@H]2CO[C@](Cn3ccnc3)(c3ccc(Cl)cc3Cl)O2)c1. The van der Waals surface area contributed by atoms with E-state index in [0.717, 1.165) is 12.0 Å². The van der Waals surface area contributed by atoms with Crippen molar-refractivity contribution in [1.29, 1.82) is 0 Å². The standard InChI is InChI=1S/C22H22Cl2N2O2/c1-15-7-16(2)9-17(8-15)10-19-12-27-22(28-19,13-26-6-5-25-14-26)20-4-3-18(23)11-21(20)24/h3-9,11,14,19H,10,12-13H2,1-2H3/t19-,22-/m0/s1. The molecule has 0 N–H and O–H groups in total. The first-order valence-electron chi connectivity index (χ1n) is 9.24. The van der Waals surface area contributed by atoms with Gasteiger partial charge in [-0.25, -0.2) is 4.98 Å². The van der Waals surface area contributed by atoms with Crippen LogP contribution in [-0.2, 0) is 28.2 Å². The Morgan fingerprint density at radius 3 is 2.61 bits per heavy atom. The Bertz CT molecular complexity index is 954. The van der Waals surface area contributed by atoms with Crippen molar-refractivity contribution in [3.05, 3.63) is 87.4 Å². The molecule has 1 aromatic heterocycles. The van der Waals surface area contributed by atoms with E-state index in [1.54, 1.807) is 18.6 Å². The van der Waals surface area contributed by atoms with E-state index in [9.17, 15) is 0 Å². The Hall–Kier alpha value is -1.85. The number of imidazole rings is 1. The highest BCUT2D eigenvalue weighted by Crippen LogP contribution is 2.41. The maximum Gasteiger partial charge on any atom is 0.215 e. The highest BCUT2D eigenvalue weighted by molar-refractivity contribution is 6.35. The summed E-state index contributed by atoms with van der Waals surface area (Å²) in [5.74, 6) is -0.980. The van der Waals surface area contributed by atoms with E-state index in [-0.39, 0.29) is 6.10 Å². The topological polar surface area (TPSA) is 36.3 Å². The van der Waals surface area contributed by atoms with Crippen LogP contribution in [0.2, 0.25) is 10.0 Å². The number of benzene rings is 2. The van der Waals surface area contributed by atoms with Gasteiger partial charge in [-0.3, -0.25) is 0 Å². The van der Waals surface area contributed by atoms with Crippen LogP contribution in [0.5, 0.6) is 0 Å². The van der Waals surface area contributed by atoms with Gasteiger partial charge in [0.2, 0.25) is 5.79 Å². The molecule has 2 aromatic carbocycles. The van der Waals surface area contributed by atoms with Gasteiger partial charge in [0.1, 0.15) is 0 Å². The third-order valence-electron chi connectivity index (χ3n) is 4.90. The van der Waals surface area contributed by atoms with Gasteiger partial charge in [-0.05, 0) is 31.5 Å². The average molecular weight is 417 g/mol. The molecule has 146 valence electrons. The maximum absolute atomic E-state index is 6.52. The number of rotatable bonds is 5. The summed E-state index contributed by atoms with van der Waals surface area (Å²) in [7, 11) is 0. The van der Waals surface area contributed by atoms with Crippen LogP contribution >= 0.6 is 23.2 Å². The molecule has 0 radical (unpaired) electrons. The second-order valence-electron chi connectivity index (χ2n) is 7.36. The third-order valence-corrected chi connectivity index (χ3v) is 5.44. The van der Waals surface area contributed by atoms with E-state index >= 15 is 0 Å². The van der Waals surface area contributed by atoms with Crippen molar-refractivity contribution >= 4 is 23.2 Å². The normalized spacial score (nSPS) is 21.9. The fraction of sp³-hybridized carbons (Fsp3) is 0.318. The number of aromatic nitrogens is 2. The van der Waals surface area contributed by atoms with Crippen molar-refractivity contribution in [2.45, 2.75) is 38.7 Å². The zero-order chi connectivity index (χ0) is 19.7. The molecule has 28 heavy (non-hydrogen) atoms. The summed E-state index contributed by atoms with van der Waals surface area (Å²) in [5.41, 5.74) is 4.51. The number of hydrogen-bond donors (Lipinski definition) is 0. The first-order valence-corrected chi connectivity index (χ1v) is 9.99. The van der Waals surface area contributed by atoms with Crippen LogP contribution in [0, 0.1) is 13.8 Å². The van der Waals surface area contributed by atoms with Crippen molar-refractivity contribution in [1.82, 2.24) is 9.55 Å². The molecule has 0 bridgehead atoms. The fourth-order valence-corrected chi connectivity index (χ4v) is 4.40. The van der Waals surface area contributed by atoms with E-state index in [2.05, 4.69) is 37.0 Å². The van der Waals surface area contributed by atoms with Gasteiger partial charge in [-0.15, -0.1) is 0 Å². The summed E-state index contributed by atoms with van der Waals surface area (Å²) in [5, 5.41) is 1.11. The Morgan fingerprint density at radius 2 is 1.93 bits per heavy atom. The Morgan fingerprint density at radius 1 is 1.14 bits per heavy atom. The lowest BCUT2D eigenvalue weighted by Crippen LogP contribution is -2.34. The minimum absolute atomic E-state index is 0.0727. The lowest BCUT2D eigenvalue weighted by molar-refractivity contribution is -0.186. The molecule has 0 aliphatic carbocycles. The smallest absolute Gasteiger partial charge is 0.215 e. The third kappa shape index (κ3) is 4.11. The summed E-state index contributed by atoms with van der Waals surface area (Å²) in [6.45, 7) is 5.16. The van der Waals surface area contributed by atoms with E-state index in [4.69, 9.17) is 32.7 Å². The van der Waals surface area contributed by atoms with Crippen molar-refractivity contribution in [3.8, 4) is 0 Å². The summed E-state index contributed by atoms with van der Waals surface area (Å²) in [6, 6.07) is 12.0. The van der Waals surface area contributed by atoms with Crippen molar-refractivity contribution in [2.24, 2.45) is 0 Å². The summed E-state index contributed by atoms with van der Waals surface area (Å²) < 4.78 is 14.7. The minimum Gasteiger partial charge on any atom is -0.342 e. The first-order chi connectivity index (χ1) is 13.4. The molecule has 4 rings (SSSR count). The van der Waals surface area contributed by atoms with Crippen LogP contribution in [0.4, 0.5) is 0 Å². The van der Waals surface area contributed by atoms with Gasteiger partial charge in [0.15, 0.2) is 0 Å². The fourth-order valence-electron chi connectivity index (χ4n) is 3.84. The minimum atomic E-state index is -0.980. The summed E-state index contributed by atoms with van der Waals surface area (Å²) >= 11 is 12.6. The summed E-state index contributed by atoms with van der Waals surface area (Å²) in [6.07, 6.45) is 6.07. The number of nitrogens with zero attached hydrogens (tertiary/aromatic N) is 2. The van der Waals surface area contributed by atoms with Crippen molar-refractivity contribution in [2.75, 3.05) is 6.61 Å². The van der Waals surface area contributed by atoms with Crippen LogP contribution in [0.15, 0.2) is 55.1 Å². The van der Waals surface area contributed by atoms with Gasteiger partial charge in [0, 0.05) is 29.4 Å².